The fraction of sp³-hybridized carbons (Fsp3) is 0.286. The Morgan fingerprint density at radius 3 is 2.96 bits per heavy atom. The van der Waals surface area contributed by atoms with Crippen molar-refractivity contribution in [3.8, 4) is 5.88 Å². The number of rotatable bonds is 4. The highest BCUT2D eigenvalue weighted by Gasteiger charge is 2.25. The first-order valence-corrected chi connectivity index (χ1v) is 9.22. The number of ether oxygens (including phenoxy) is 1. The fourth-order valence-corrected chi connectivity index (χ4v) is 3.47. The standard InChI is InChI=1S/C21H22N4O2/c26-21(23-13-17-7-3-6-16-5-1-2-9-19(16)17)25-12-4-8-18(14-25)27-20-10-11-22-15-24-20/h1-3,5-7,9-11,15,18H,4,8,12-14H2,(H,23,26). The number of piperidine rings is 1. The van der Waals surface area contributed by atoms with Crippen molar-refractivity contribution in [1.82, 2.24) is 20.2 Å². The van der Waals surface area contributed by atoms with Crippen LogP contribution in [-0.4, -0.2) is 40.1 Å². The van der Waals surface area contributed by atoms with Crippen LogP contribution in [0.15, 0.2) is 61.1 Å². The van der Waals surface area contributed by atoms with Gasteiger partial charge >= 0.3 is 6.03 Å². The topological polar surface area (TPSA) is 67.4 Å². The van der Waals surface area contributed by atoms with Crippen LogP contribution >= 0.6 is 0 Å². The number of benzene rings is 2. The van der Waals surface area contributed by atoms with E-state index in [1.807, 2.05) is 23.1 Å². The molecule has 1 aromatic heterocycles. The number of amides is 2. The van der Waals surface area contributed by atoms with Crippen molar-refractivity contribution in [2.24, 2.45) is 0 Å². The molecule has 0 radical (unpaired) electrons. The number of fused-ring (bicyclic) bond motifs is 1. The van der Waals surface area contributed by atoms with Gasteiger partial charge in [-0.05, 0) is 29.2 Å². The van der Waals surface area contributed by atoms with Crippen LogP contribution in [0.1, 0.15) is 18.4 Å². The molecule has 27 heavy (non-hydrogen) atoms. The van der Waals surface area contributed by atoms with E-state index < -0.39 is 0 Å². The van der Waals surface area contributed by atoms with E-state index in [4.69, 9.17) is 4.74 Å². The molecule has 2 aromatic carbocycles. The summed E-state index contributed by atoms with van der Waals surface area (Å²) in [5, 5.41) is 5.40. The van der Waals surface area contributed by atoms with E-state index >= 15 is 0 Å². The largest absolute Gasteiger partial charge is 0.472 e. The van der Waals surface area contributed by atoms with Crippen LogP contribution in [0.25, 0.3) is 10.8 Å². The number of carbonyl (C=O) groups excluding carboxylic acids is 1. The fourth-order valence-electron chi connectivity index (χ4n) is 3.47. The van der Waals surface area contributed by atoms with E-state index in [2.05, 4.69) is 39.6 Å². The van der Waals surface area contributed by atoms with E-state index in [-0.39, 0.29) is 12.1 Å². The summed E-state index contributed by atoms with van der Waals surface area (Å²) in [5.41, 5.74) is 1.12. The van der Waals surface area contributed by atoms with Gasteiger partial charge in [0, 0.05) is 25.4 Å². The Labute approximate surface area is 158 Å². The average molecular weight is 362 g/mol. The molecule has 3 aromatic rings. The van der Waals surface area contributed by atoms with Crippen molar-refractivity contribution in [1.29, 1.82) is 0 Å². The second kappa shape index (κ2) is 8.03. The van der Waals surface area contributed by atoms with Crippen LogP contribution < -0.4 is 10.1 Å². The van der Waals surface area contributed by atoms with Gasteiger partial charge in [0.25, 0.3) is 0 Å². The Morgan fingerprint density at radius 1 is 1.19 bits per heavy atom. The maximum absolute atomic E-state index is 12.6. The summed E-state index contributed by atoms with van der Waals surface area (Å²) in [6.07, 6.45) is 4.90. The molecule has 1 aliphatic rings. The molecule has 2 amide bonds. The van der Waals surface area contributed by atoms with Gasteiger partial charge in [-0.1, -0.05) is 42.5 Å². The second-order valence-electron chi connectivity index (χ2n) is 6.67. The Kier molecular flexibility index (Phi) is 5.14. The minimum Gasteiger partial charge on any atom is -0.472 e. The minimum atomic E-state index is -0.0566. The summed E-state index contributed by atoms with van der Waals surface area (Å²) in [6.45, 7) is 1.81. The number of urea groups is 1. The molecule has 1 aliphatic heterocycles. The lowest BCUT2D eigenvalue weighted by molar-refractivity contribution is 0.0976. The predicted octanol–water partition coefficient (Wildman–Crippen LogP) is 3.38. The molecule has 6 heteroatoms. The maximum atomic E-state index is 12.6. The van der Waals surface area contributed by atoms with Gasteiger partial charge < -0.3 is 15.0 Å². The molecular weight excluding hydrogens is 340 g/mol. The maximum Gasteiger partial charge on any atom is 0.317 e. The molecule has 1 atom stereocenters. The van der Waals surface area contributed by atoms with Crippen LogP contribution in [0.5, 0.6) is 5.88 Å². The van der Waals surface area contributed by atoms with Crippen molar-refractivity contribution in [2.45, 2.75) is 25.5 Å². The zero-order valence-corrected chi connectivity index (χ0v) is 15.0. The number of hydrogen-bond acceptors (Lipinski definition) is 4. The first-order chi connectivity index (χ1) is 13.3. The van der Waals surface area contributed by atoms with Gasteiger partial charge in [0.1, 0.15) is 12.4 Å². The molecule has 1 fully saturated rings. The van der Waals surface area contributed by atoms with E-state index in [0.717, 1.165) is 24.9 Å². The van der Waals surface area contributed by atoms with Gasteiger partial charge in [0.15, 0.2) is 0 Å². The molecule has 0 saturated carbocycles. The van der Waals surface area contributed by atoms with Gasteiger partial charge in [-0.3, -0.25) is 0 Å². The van der Waals surface area contributed by atoms with Crippen LogP contribution in [0.2, 0.25) is 0 Å². The van der Waals surface area contributed by atoms with Crippen molar-refractivity contribution >= 4 is 16.8 Å². The highest BCUT2D eigenvalue weighted by Crippen LogP contribution is 2.19. The molecule has 0 bridgehead atoms. The quantitative estimate of drug-likeness (QED) is 0.773. The molecule has 0 aliphatic carbocycles. The van der Waals surface area contributed by atoms with Crippen LogP contribution in [0.4, 0.5) is 4.79 Å². The lowest BCUT2D eigenvalue weighted by atomic mass is 10.0. The van der Waals surface area contributed by atoms with Crippen LogP contribution in [-0.2, 0) is 6.54 Å². The van der Waals surface area contributed by atoms with Gasteiger partial charge in [-0.2, -0.15) is 0 Å². The van der Waals surface area contributed by atoms with Gasteiger partial charge in [-0.15, -0.1) is 0 Å². The number of likely N-dealkylation sites (tertiary alicyclic amines) is 1. The molecule has 1 N–H and O–H groups in total. The van der Waals surface area contributed by atoms with Crippen molar-refractivity contribution in [3.63, 3.8) is 0 Å². The van der Waals surface area contributed by atoms with Crippen molar-refractivity contribution < 1.29 is 9.53 Å². The SMILES string of the molecule is O=C(NCc1cccc2ccccc12)N1CCCC(Oc2ccncn2)C1. The van der Waals surface area contributed by atoms with Crippen LogP contribution in [0, 0.1) is 0 Å². The first-order valence-electron chi connectivity index (χ1n) is 9.22. The Hall–Kier alpha value is -3.15. The third-order valence-corrected chi connectivity index (χ3v) is 4.82. The Balaban J connectivity index is 1.36. The molecular formula is C21H22N4O2. The van der Waals surface area contributed by atoms with Crippen molar-refractivity contribution in [2.75, 3.05) is 13.1 Å². The number of nitrogens with one attached hydrogen (secondary N) is 1. The van der Waals surface area contributed by atoms with Gasteiger partial charge in [0.05, 0.1) is 6.54 Å². The molecule has 4 rings (SSSR count). The van der Waals surface area contributed by atoms with Crippen molar-refractivity contribution in [3.05, 3.63) is 66.6 Å². The second-order valence-corrected chi connectivity index (χ2v) is 6.67. The molecule has 6 nitrogen and oxygen atoms in total. The van der Waals surface area contributed by atoms with Gasteiger partial charge in [-0.25, -0.2) is 14.8 Å². The molecule has 2 heterocycles. The smallest absolute Gasteiger partial charge is 0.317 e. The van der Waals surface area contributed by atoms with E-state index in [1.54, 1.807) is 12.3 Å². The predicted molar refractivity (Wildman–Crippen MR) is 103 cm³/mol. The summed E-state index contributed by atoms with van der Waals surface area (Å²) < 4.78 is 5.88. The van der Waals surface area contributed by atoms with E-state index in [1.165, 1.54) is 17.1 Å². The Morgan fingerprint density at radius 2 is 2.07 bits per heavy atom. The lowest BCUT2D eigenvalue weighted by Gasteiger charge is -2.32. The summed E-state index contributed by atoms with van der Waals surface area (Å²) in [4.78, 5) is 22.4. The normalized spacial score (nSPS) is 16.9. The third-order valence-electron chi connectivity index (χ3n) is 4.82. The van der Waals surface area contributed by atoms with Crippen LogP contribution in [0.3, 0.4) is 0 Å². The van der Waals surface area contributed by atoms with E-state index in [9.17, 15) is 4.79 Å². The minimum absolute atomic E-state index is 0.0445. The monoisotopic (exact) mass is 362 g/mol. The van der Waals surface area contributed by atoms with E-state index in [0.29, 0.717) is 19.0 Å². The lowest BCUT2D eigenvalue weighted by Crippen LogP contribution is -2.48. The Bertz CT molecular complexity index is 911. The average Bonchev–Trinajstić information content (AvgIpc) is 2.73. The summed E-state index contributed by atoms with van der Waals surface area (Å²) in [6, 6.07) is 16.1. The zero-order valence-electron chi connectivity index (χ0n) is 15.0. The number of carbonyl (C=O) groups is 1. The molecule has 138 valence electrons. The first kappa shape index (κ1) is 17.3. The zero-order chi connectivity index (χ0) is 18.5. The highest BCUT2D eigenvalue weighted by molar-refractivity contribution is 5.86. The van der Waals surface area contributed by atoms with Gasteiger partial charge in [0.2, 0.25) is 5.88 Å². The number of nitrogens with zero attached hydrogens (tertiary/aromatic N) is 3. The third kappa shape index (κ3) is 4.16. The summed E-state index contributed by atoms with van der Waals surface area (Å²) in [7, 11) is 0. The molecule has 0 spiro atoms. The molecule has 1 saturated heterocycles. The summed E-state index contributed by atoms with van der Waals surface area (Å²) >= 11 is 0. The molecule has 1 unspecified atom stereocenters. The summed E-state index contributed by atoms with van der Waals surface area (Å²) in [5.74, 6) is 0.549. The highest BCUT2D eigenvalue weighted by atomic mass is 16.5. The number of aromatic nitrogens is 2. The number of hydrogen-bond donors (Lipinski definition) is 1.